The van der Waals surface area contributed by atoms with Gasteiger partial charge in [-0.2, -0.15) is 0 Å². The molecule has 0 N–H and O–H groups in total. The average Bonchev–Trinajstić information content (AvgIpc) is 2.46. The van der Waals surface area contributed by atoms with Gasteiger partial charge in [-0.25, -0.2) is 0 Å². The Bertz CT molecular complexity index is 631. The van der Waals surface area contributed by atoms with Crippen LogP contribution in [0.2, 0.25) is 0 Å². The van der Waals surface area contributed by atoms with Crippen LogP contribution in [0, 0.1) is 5.92 Å². The molecule has 1 aliphatic rings. The van der Waals surface area contributed by atoms with Crippen LogP contribution >= 0.6 is 15.9 Å². The summed E-state index contributed by atoms with van der Waals surface area (Å²) < 4.78 is 0.969. The maximum atomic E-state index is 4.55. The fourth-order valence-corrected chi connectivity index (χ4v) is 3.53. The summed E-state index contributed by atoms with van der Waals surface area (Å²) in [5.41, 5.74) is 3.09. The van der Waals surface area contributed by atoms with E-state index in [1.165, 1.54) is 31.6 Å². The second-order valence-electron chi connectivity index (χ2n) is 6.00. The largest absolute Gasteiger partial charge is 0.372 e. The van der Waals surface area contributed by atoms with E-state index in [4.69, 9.17) is 0 Å². The van der Waals surface area contributed by atoms with Gasteiger partial charge in [-0.05, 0) is 60.4 Å². The fraction of sp³-hybridized carbons (Fsp3) is 0.500. The van der Waals surface area contributed by atoms with E-state index in [9.17, 15) is 0 Å². The molecule has 0 aromatic carbocycles. The average molecular weight is 349 g/mol. The highest BCUT2D eigenvalue weighted by molar-refractivity contribution is 9.10. The molecule has 3 rings (SSSR count). The van der Waals surface area contributed by atoms with E-state index in [2.05, 4.69) is 55.9 Å². The Hall–Kier alpha value is -1.20. The molecule has 0 bridgehead atoms. The van der Waals surface area contributed by atoms with Gasteiger partial charge >= 0.3 is 0 Å². The van der Waals surface area contributed by atoms with Crippen LogP contribution in [0.25, 0.3) is 11.0 Å². The lowest BCUT2D eigenvalue weighted by molar-refractivity contribution is 0.213. The molecule has 0 radical (unpaired) electrons. The maximum Gasteiger partial charge on any atom is 0.112 e. The van der Waals surface area contributed by atoms with Gasteiger partial charge in [0.25, 0.3) is 0 Å². The molecule has 0 aliphatic carbocycles. The quantitative estimate of drug-likeness (QED) is 0.852. The topological polar surface area (TPSA) is 32.3 Å². The SMILES string of the molecule is CN1CCCC(CN(C)c2ccnc3cc(Br)cnc23)C1. The second-order valence-corrected chi connectivity index (χ2v) is 6.92. The van der Waals surface area contributed by atoms with Gasteiger partial charge in [-0.3, -0.25) is 9.97 Å². The van der Waals surface area contributed by atoms with Crippen molar-refractivity contribution in [2.45, 2.75) is 12.8 Å². The number of fused-ring (bicyclic) bond motifs is 1. The van der Waals surface area contributed by atoms with Crippen molar-refractivity contribution in [3.8, 4) is 0 Å². The number of rotatable bonds is 3. The summed E-state index contributed by atoms with van der Waals surface area (Å²) in [7, 11) is 4.38. The first-order valence-electron chi connectivity index (χ1n) is 7.43. The Kier molecular flexibility index (Phi) is 4.40. The number of halogens is 1. The first kappa shape index (κ1) is 14.7. The highest BCUT2D eigenvalue weighted by atomic mass is 79.9. The summed E-state index contributed by atoms with van der Waals surface area (Å²) in [6.45, 7) is 3.49. The Morgan fingerprint density at radius 1 is 1.43 bits per heavy atom. The van der Waals surface area contributed by atoms with Crippen molar-refractivity contribution in [1.82, 2.24) is 14.9 Å². The van der Waals surface area contributed by atoms with Crippen LogP contribution in [0.4, 0.5) is 5.69 Å². The third-order valence-corrected chi connectivity index (χ3v) is 4.62. The van der Waals surface area contributed by atoms with Crippen LogP contribution in [-0.4, -0.2) is 48.6 Å². The van der Waals surface area contributed by atoms with Gasteiger partial charge in [0, 0.05) is 37.0 Å². The summed E-state index contributed by atoms with van der Waals surface area (Å²) >= 11 is 3.46. The minimum Gasteiger partial charge on any atom is -0.372 e. The molecule has 1 saturated heterocycles. The van der Waals surface area contributed by atoms with Crippen molar-refractivity contribution in [3.63, 3.8) is 0 Å². The number of aromatic nitrogens is 2. The Balaban J connectivity index is 1.82. The molecule has 1 atom stereocenters. The molecule has 21 heavy (non-hydrogen) atoms. The number of likely N-dealkylation sites (tertiary alicyclic amines) is 1. The molecule has 2 aromatic heterocycles. The number of hydrogen-bond acceptors (Lipinski definition) is 4. The molecular weight excluding hydrogens is 328 g/mol. The third kappa shape index (κ3) is 3.35. The first-order valence-corrected chi connectivity index (χ1v) is 8.23. The van der Waals surface area contributed by atoms with E-state index in [0.29, 0.717) is 0 Å². The standard InChI is InChI=1S/C16H21BrN4/c1-20-7-3-4-12(10-20)11-21(2)15-5-6-18-14-8-13(17)9-19-16(14)15/h5-6,8-9,12H,3-4,7,10-11H2,1-2H3. The van der Waals surface area contributed by atoms with Crippen molar-refractivity contribution < 1.29 is 0 Å². The number of anilines is 1. The zero-order chi connectivity index (χ0) is 14.8. The van der Waals surface area contributed by atoms with Crippen LogP contribution in [0.3, 0.4) is 0 Å². The lowest BCUT2D eigenvalue weighted by Gasteiger charge is -2.33. The van der Waals surface area contributed by atoms with Crippen LogP contribution in [-0.2, 0) is 0 Å². The van der Waals surface area contributed by atoms with Crippen molar-refractivity contribution in [1.29, 1.82) is 0 Å². The minimum atomic E-state index is 0.729. The van der Waals surface area contributed by atoms with Crippen LogP contribution in [0.1, 0.15) is 12.8 Å². The Morgan fingerprint density at radius 2 is 2.29 bits per heavy atom. The molecule has 112 valence electrons. The first-order chi connectivity index (χ1) is 10.1. The van der Waals surface area contributed by atoms with Gasteiger partial charge in [-0.15, -0.1) is 0 Å². The van der Waals surface area contributed by atoms with E-state index in [1.807, 2.05) is 18.5 Å². The van der Waals surface area contributed by atoms with Gasteiger partial charge in [0.05, 0.1) is 11.2 Å². The van der Waals surface area contributed by atoms with E-state index in [1.54, 1.807) is 0 Å². The molecule has 2 aromatic rings. The molecule has 1 fully saturated rings. The maximum absolute atomic E-state index is 4.55. The van der Waals surface area contributed by atoms with Gasteiger partial charge in [-0.1, -0.05) is 0 Å². The van der Waals surface area contributed by atoms with E-state index in [-0.39, 0.29) is 0 Å². The highest BCUT2D eigenvalue weighted by Gasteiger charge is 2.19. The van der Waals surface area contributed by atoms with Crippen LogP contribution in [0.5, 0.6) is 0 Å². The van der Waals surface area contributed by atoms with E-state index < -0.39 is 0 Å². The van der Waals surface area contributed by atoms with E-state index in [0.717, 1.165) is 28.0 Å². The fourth-order valence-electron chi connectivity index (χ4n) is 3.21. The summed E-state index contributed by atoms with van der Waals surface area (Å²) in [4.78, 5) is 13.7. The summed E-state index contributed by atoms with van der Waals surface area (Å²) in [6, 6.07) is 4.09. The van der Waals surface area contributed by atoms with Gasteiger partial charge in [0.1, 0.15) is 5.52 Å². The number of pyridine rings is 2. The van der Waals surface area contributed by atoms with E-state index >= 15 is 0 Å². The predicted octanol–water partition coefficient (Wildman–Crippen LogP) is 3.17. The molecule has 5 heteroatoms. The lowest BCUT2D eigenvalue weighted by Crippen LogP contribution is -2.38. The Labute approximate surface area is 134 Å². The number of hydrogen-bond donors (Lipinski definition) is 0. The molecule has 0 spiro atoms. The highest BCUT2D eigenvalue weighted by Crippen LogP contribution is 2.26. The number of piperidine rings is 1. The van der Waals surface area contributed by atoms with Gasteiger partial charge in [0.2, 0.25) is 0 Å². The normalized spacial score (nSPS) is 19.9. The van der Waals surface area contributed by atoms with Crippen LogP contribution < -0.4 is 4.90 Å². The van der Waals surface area contributed by atoms with Gasteiger partial charge < -0.3 is 9.80 Å². The van der Waals surface area contributed by atoms with Crippen molar-refractivity contribution in [2.75, 3.05) is 38.6 Å². The molecule has 0 amide bonds. The Morgan fingerprint density at radius 3 is 3.10 bits per heavy atom. The van der Waals surface area contributed by atoms with Crippen molar-refractivity contribution in [2.24, 2.45) is 5.92 Å². The minimum absolute atomic E-state index is 0.729. The molecular formula is C16H21BrN4. The molecule has 4 nitrogen and oxygen atoms in total. The van der Waals surface area contributed by atoms with Crippen LogP contribution in [0.15, 0.2) is 29.0 Å². The number of nitrogens with zero attached hydrogens (tertiary/aromatic N) is 4. The summed E-state index contributed by atoms with van der Waals surface area (Å²) in [5.74, 6) is 0.729. The monoisotopic (exact) mass is 348 g/mol. The third-order valence-electron chi connectivity index (χ3n) is 4.19. The van der Waals surface area contributed by atoms with Gasteiger partial charge in [0.15, 0.2) is 0 Å². The summed E-state index contributed by atoms with van der Waals surface area (Å²) in [6.07, 6.45) is 6.33. The molecule has 1 aliphatic heterocycles. The zero-order valence-corrected chi connectivity index (χ0v) is 14.2. The molecule has 1 unspecified atom stereocenters. The summed E-state index contributed by atoms with van der Waals surface area (Å²) in [5, 5.41) is 0. The second kappa shape index (κ2) is 6.28. The van der Waals surface area contributed by atoms with Crippen molar-refractivity contribution in [3.05, 3.63) is 29.0 Å². The zero-order valence-electron chi connectivity index (χ0n) is 12.6. The molecule has 0 saturated carbocycles. The molecule has 3 heterocycles. The lowest BCUT2D eigenvalue weighted by atomic mass is 9.98. The predicted molar refractivity (Wildman–Crippen MR) is 90.7 cm³/mol. The van der Waals surface area contributed by atoms with Crippen molar-refractivity contribution >= 4 is 32.7 Å². The smallest absolute Gasteiger partial charge is 0.112 e.